The Morgan fingerprint density at radius 3 is 2.90 bits per heavy atom. The Balaban J connectivity index is 1.83. The number of hydrogen-bond donors (Lipinski definition) is 1. The third-order valence-electron chi connectivity index (χ3n) is 2.58. The van der Waals surface area contributed by atoms with Crippen molar-refractivity contribution in [2.45, 2.75) is 11.7 Å². The van der Waals surface area contributed by atoms with Crippen LogP contribution in [0.15, 0.2) is 35.7 Å². The van der Waals surface area contributed by atoms with Crippen LogP contribution in [0.1, 0.15) is 0 Å². The third-order valence-corrected chi connectivity index (χ3v) is 3.81. The standard InChI is InChI=1S/C13H15ClN4O2S/c1-20-7-6-18-9-15-17-13(18)21-8-12(19)16-11-4-2-10(14)3-5-11/h2-5,9H,6-8H2,1H3,(H,16,19). The summed E-state index contributed by atoms with van der Waals surface area (Å²) in [5, 5.41) is 11.9. The summed E-state index contributed by atoms with van der Waals surface area (Å²) in [6, 6.07) is 6.97. The molecule has 1 aromatic carbocycles. The molecule has 0 saturated carbocycles. The molecule has 0 fully saturated rings. The Bertz CT molecular complexity index is 588. The fourth-order valence-electron chi connectivity index (χ4n) is 1.56. The van der Waals surface area contributed by atoms with E-state index in [0.717, 1.165) is 0 Å². The SMILES string of the molecule is COCCn1cnnc1SCC(=O)Nc1ccc(Cl)cc1. The predicted molar refractivity (Wildman–Crippen MR) is 82.7 cm³/mol. The number of thioether (sulfide) groups is 1. The van der Waals surface area contributed by atoms with E-state index in [0.29, 0.717) is 29.0 Å². The Labute approximate surface area is 131 Å². The predicted octanol–water partition coefficient (Wildman–Crippen LogP) is 2.31. The van der Waals surface area contributed by atoms with Gasteiger partial charge in [-0.2, -0.15) is 0 Å². The van der Waals surface area contributed by atoms with Crippen molar-refractivity contribution in [3.05, 3.63) is 35.6 Å². The number of carbonyl (C=O) groups is 1. The molecule has 8 heteroatoms. The molecular formula is C13H15ClN4O2S. The van der Waals surface area contributed by atoms with Gasteiger partial charge < -0.3 is 14.6 Å². The van der Waals surface area contributed by atoms with Crippen molar-refractivity contribution < 1.29 is 9.53 Å². The van der Waals surface area contributed by atoms with E-state index < -0.39 is 0 Å². The van der Waals surface area contributed by atoms with Crippen LogP contribution in [0.25, 0.3) is 0 Å². The van der Waals surface area contributed by atoms with Crippen LogP contribution >= 0.6 is 23.4 Å². The molecule has 1 heterocycles. The molecule has 0 aliphatic carbocycles. The van der Waals surface area contributed by atoms with Crippen LogP contribution in [-0.4, -0.2) is 40.1 Å². The number of hydrogen-bond acceptors (Lipinski definition) is 5. The highest BCUT2D eigenvalue weighted by Gasteiger charge is 2.09. The molecule has 6 nitrogen and oxygen atoms in total. The molecule has 0 aliphatic heterocycles. The quantitative estimate of drug-likeness (QED) is 0.791. The summed E-state index contributed by atoms with van der Waals surface area (Å²) in [4.78, 5) is 11.9. The third kappa shape index (κ3) is 5.04. The number of halogens is 1. The summed E-state index contributed by atoms with van der Waals surface area (Å²) < 4.78 is 6.86. The summed E-state index contributed by atoms with van der Waals surface area (Å²) in [5.74, 6) is 0.150. The minimum Gasteiger partial charge on any atom is -0.383 e. The van der Waals surface area contributed by atoms with E-state index in [1.165, 1.54) is 11.8 Å². The van der Waals surface area contributed by atoms with Crippen molar-refractivity contribution >= 4 is 35.0 Å². The van der Waals surface area contributed by atoms with Crippen molar-refractivity contribution in [1.82, 2.24) is 14.8 Å². The first-order valence-electron chi connectivity index (χ1n) is 6.24. The molecule has 0 unspecified atom stereocenters. The molecule has 0 saturated heterocycles. The summed E-state index contributed by atoms with van der Waals surface area (Å²) in [6.07, 6.45) is 1.62. The fraction of sp³-hybridized carbons (Fsp3) is 0.308. The molecule has 112 valence electrons. The highest BCUT2D eigenvalue weighted by molar-refractivity contribution is 7.99. The molecule has 1 N–H and O–H groups in total. The first-order chi connectivity index (χ1) is 10.2. The van der Waals surface area contributed by atoms with E-state index in [1.54, 1.807) is 37.7 Å². The lowest BCUT2D eigenvalue weighted by molar-refractivity contribution is -0.113. The maximum Gasteiger partial charge on any atom is 0.234 e. The van der Waals surface area contributed by atoms with Crippen molar-refractivity contribution in [1.29, 1.82) is 0 Å². The van der Waals surface area contributed by atoms with Gasteiger partial charge in [-0.3, -0.25) is 4.79 Å². The number of nitrogens with one attached hydrogen (secondary N) is 1. The molecule has 2 rings (SSSR count). The van der Waals surface area contributed by atoms with Gasteiger partial charge in [0, 0.05) is 24.4 Å². The van der Waals surface area contributed by atoms with E-state index in [9.17, 15) is 4.79 Å². The zero-order valence-electron chi connectivity index (χ0n) is 11.5. The van der Waals surface area contributed by atoms with Gasteiger partial charge in [-0.25, -0.2) is 0 Å². The maximum absolute atomic E-state index is 11.9. The second-order valence-electron chi connectivity index (χ2n) is 4.14. The first kappa shape index (κ1) is 15.8. The molecule has 0 bridgehead atoms. The van der Waals surface area contributed by atoms with Crippen LogP contribution in [0.5, 0.6) is 0 Å². The number of rotatable bonds is 7. The first-order valence-corrected chi connectivity index (χ1v) is 7.60. The van der Waals surface area contributed by atoms with Gasteiger partial charge in [-0.05, 0) is 24.3 Å². The maximum atomic E-state index is 11.9. The average Bonchev–Trinajstić information content (AvgIpc) is 2.93. The summed E-state index contributed by atoms with van der Waals surface area (Å²) >= 11 is 7.12. The van der Waals surface area contributed by atoms with Crippen LogP contribution < -0.4 is 5.32 Å². The zero-order valence-corrected chi connectivity index (χ0v) is 13.0. The van der Waals surface area contributed by atoms with E-state index >= 15 is 0 Å². The van der Waals surface area contributed by atoms with Gasteiger partial charge in [-0.15, -0.1) is 10.2 Å². The van der Waals surface area contributed by atoms with Gasteiger partial charge in [0.2, 0.25) is 5.91 Å². The number of anilines is 1. The highest BCUT2D eigenvalue weighted by Crippen LogP contribution is 2.17. The van der Waals surface area contributed by atoms with Gasteiger partial charge >= 0.3 is 0 Å². The Kier molecular flexibility index (Phi) is 6.04. The van der Waals surface area contributed by atoms with Crippen LogP contribution in [0, 0.1) is 0 Å². The van der Waals surface area contributed by atoms with Gasteiger partial charge in [0.1, 0.15) is 6.33 Å². The Morgan fingerprint density at radius 1 is 1.43 bits per heavy atom. The average molecular weight is 327 g/mol. The van der Waals surface area contributed by atoms with E-state index in [1.807, 2.05) is 4.57 Å². The van der Waals surface area contributed by atoms with Crippen LogP contribution in [0.3, 0.4) is 0 Å². The molecule has 1 amide bonds. The van der Waals surface area contributed by atoms with Crippen LogP contribution in [-0.2, 0) is 16.1 Å². The molecule has 0 spiro atoms. The summed E-state index contributed by atoms with van der Waals surface area (Å²) in [7, 11) is 1.64. The van der Waals surface area contributed by atoms with E-state index in [2.05, 4.69) is 15.5 Å². The second-order valence-corrected chi connectivity index (χ2v) is 5.52. The molecule has 21 heavy (non-hydrogen) atoms. The Hall–Kier alpha value is -1.57. The zero-order chi connectivity index (χ0) is 15.1. The highest BCUT2D eigenvalue weighted by atomic mass is 35.5. The minimum atomic E-state index is -0.108. The minimum absolute atomic E-state index is 0.108. The monoisotopic (exact) mass is 326 g/mol. The smallest absolute Gasteiger partial charge is 0.234 e. The molecule has 0 radical (unpaired) electrons. The summed E-state index contributed by atoms with van der Waals surface area (Å²) in [6.45, 7) is 1.23. The number of nitrogens with zero attached hydrogens (tertiary/aromatic N) is 3. The van der Waals surface area contributed by atoms with Crippen molar-refractivity contribution in [3.63, 3.8) is 0 Å². The van der Waals surface area contributed by atoms with Gasteiger partial charge in [0.25, 0.3) is 0 Å². The second kappa shape index (κ2) is 8.02. The number of benzene rings is 1. The topological polar surface area (TPSA) is 69.0 Å². The van der Waals surface area contributed by atoms with E-state index in [-0.39, 0.29) is 11.7 Å². The summed E-state index contributed by atoms with van der Waals surface area (Å²) in [5.41, 5.74) is 0.714. The number of amides is 1. The van der Waals surface area contributed by atoms with Gasteiger partial charge in [-0.1, -0.05) is 23.4 Å². The van der Waals surface area contributed by atoms with Crippen LogP contribution in [0.4, 0.5) is 5.69 Å². The lowest BCUT2D eigenvalue weighted by atomic mass is 10.3. The van der Waals surface area contributed by atoms with Crippen LogP contribution in [0.2, 0.25) is 5.02 Å². The number of ether oxygens (including phenoxy) is 1. The molecule has 0 aliphatic rings. The lowest BCUT2D eigenvalue weighted by Crippen LogP contribution is -2.14. The largest absolute Gasteiger partial charge is 0.383 e. The van der Waals surface area contributed by atoms with Crippen molar-refractivity contribution in [3.8, 4) is 0 Å². The lowest BCUT2D eigenvalue weighted by Gasteiger charge is -2.06. The normalized spacial score (nSPS) is 10.6. The number of carbonyl (C=O) groups excluding carboxylic acids is 1. The molecule has 2 aromatic rings. The number of methoxy groups -OCH3 is 1. The molecule has 1 aromatic heterocycles. The van der Waals surface area contributed by atoms with Gasteiger partial charge in [0.05, 0.1) is 12.4 Å². The van der Waals surface area contributed by atoms with E-state index in [4.69, 9.17) is 16.3 Å². The van der Waals surface area contributed by atoms with Crippen molar-refractivity contribution in [2.75, 3.05) is 24.8 Å². The number of aromatic nitrogens is 3. The Morgan fingerprint density at radius 2 is 2.19 bits per heavy atom. The van der Waals surface area contributed by atoms with Crippen molar-refractivity contribution in [2.24, 2.45) is 0 Å². The van der Waals surface area contributed by atoms with Gasteiger partial charge in [0.15, 0.2) is 5.16 Å². The molecular weight excluding hydrogens is 312 g/mol. The molecule has 0 atom stereocenters. The fourth-order valence-corrected chi connectivity index (χ4v) is 2.43.